The van der Waals surface area contributed by atoms with Crippen LogP contribution in [0.1, 0.15) is 5.56 Å². The third kappa shape index (κ3) is 3.16. The predicted molar refractivity (Wildman–Crippen MR) is 83.8 cm³/mol. The Kier molecular flexibility index (Phi) is 4.34. The van der Waals surface area contributed by atoms with Crippen LogP contribution in [0.4, 0.5) is 4.39 Å². The smallest absolute Gasteiger partial charge is 0.280 e. The molecule has 2 aliphatic rings. The summed E-state index contributed by atoms with van der Waals surface area (Å²) in [6.45, 7) is 2.44. The zero-order chi connectivity index (χ0) is 14.8. The van der Waals surface area contributed by atoms with Crippen molar-refractivity contribution in [1.29, 1.82) is 0 Å². The first kappa shape index (κ1) is 14.6. The van der Waals surface area contributed by atoms with Crippen LogP contribution >= 0.6 is 24.0 Å². The van der Waals surface area contributed by atoms with Gasteiger partial charge in [-0.15, -0.1) is 0 Å². The van der Waals surface area contributed by atoms with Crippen LogP contribution in [0.25, 0.3) is 6.08 Å². The van der Waals surface area contributed by atoms with Crippen LogP contribution < -0.4 is 0 Å². The summed E-state index contributed by atoms with van der Waals surface area (Å²) in [7, 11) is 0. The lowest BCUT2D eigenvalue weighted by Gasteiger charge is -2.33. The van der Waals surface area contributed by atoms with Gasteiger partial charge in [-0.05, 0) is 23.8 Å². The van der Waals surface area contributed by atoms with Crippen LogP contribution in [0.3, 0.4) is 0 Å². The van der Waals surface area contributed by atoms with E-state index in [-0.39, 0.29) is 11.7 Å². The van der Waals surface area contributed by atoms with Crippen molar-refractivity contribution in [2.24, 2.45) is 0 Å². The highest BCUT2D eigenvalue weighted by Gasteiger charge is 2.36. The molecule has 0 N–H and O–H groups in total. The minimum Gasteiger partial charge on any atom is -0.379 e. The van der Waals surface area contributed by atoms with Gasteiger partial charge in [0.15, 0.2) is 4.32 Å². The number of nitrogens with zero attached hydrogens (tertiary/aromatic N) is 2. The Morgan fingerprint density at radius 3 is 2.81 bits per heavy atom. The van der Waals surface area contributed by atoms with Crippen molar-refractivity contribution in [3.05, 3.63) is 40.6 Å². The van der Waals surface area contributed by atoms with E-state index in [1.165, 1.54) is 28.9 Å². The fourth-order valence-electron chi connectivity index (χ4n) is 2.20. The molecule has 110 valence electrons. The Labute approximate surface area is 131 Å². The van der Waals surface area contributed by atoms with Gasteiger partial charge in [-0.2, -0.15) is 0 Å². The van der Waals surface area contributed by atoms with Gasteiger partial charge in [0, 0.05) is 13.1 Å². The van der Waals surface area contributed by atoms with Gasteiger partial charge in [0.1, 0.15) is 5.82 Å². The number of thiocarbonyl (C=S) groups is 1. The lowest BCUT2D eigenvalue weighted by Crippen LogP contribution is -2.50. The quantitative estimate of drug-likeness (QED) is 0.616. The third-order valence-electron chi connectivity index (χ3n) is 3.19. The molecule has 2 fully saturated rings. The van der Waals surface area contributed by atoms with E-state index in [4.69, 9.17) is 17.0 Å². The molecule has 0 aliphatic carbocycles. The predicted octanol–water partition coefficient (Wildman–Crippen LogP) is 2.27. The monoisotopic (exact) mass is 324 g/mol. The number of ether oxygens (including phenoxy) is 1. The van der Waals surface area contributed by atoms with Crippen molar-refractivity contribution in [1.82, 2.24) is 10.0 Å². The van der Waals surface area contributed by atoms with Gasteiger partial charge in [0.05, 0.1) is 18.1 Å². The van der Waals surface area contributed by atoms with Crippen molar-refractivity contribution in [3.63, 3.8) is 0 Å². The van der Waals surface area contributed by atoms with Crippen molar-refractivity contribution in [2.45, 2.75) is 0 Å². The maximum atomic E-state index is 13.2. The number of hydrazine groups is 1. The molecular formula is C14H13FN2O2S2. The average molecular weight is 324 g/mol. The average Bonchev–Trinajstić information content (AvgIpc) is 2.74. The van der Waals surface area contributed by atoms with Gasteiger partial charge in [0.25, 0.3) is 5.91 Å². The summed E-state index contributed by atoms with van der Waals surface area (Å²) in [5.74, 6) is -0.483. The van der Waals surface area contributed by atoms with Crippen LogP contribution in [0.5, 0.6) is 0 Å². The minimum absolute atomic E-state index is 0.156. The molecule has 21 heavy (non-hydrogen) atoms. The number of benzene rings is 1. The molecule has 1 aromatic carbocycles. The fourth-order valence-corrected chi connectivity index (χ4v) is 3.51. The molecule has 7 heteroatoms. The Morgan fingerprint density at radius 1 is 1.33 bits per heavy atom. The first-order chi connectivity index (χ1) is 10.1. The number of thioether (sulfide) groups is 1. The van der Waals surface area contributed by atoms with Crippen LogP contribution in [0.15, 0.2) is 29.2 Å². The maximum Gasteiger partial charge on any atom is 0.280 e. The number of halogens is 1. The molecule has 0 unspecified atom stereocenters. The highest BCUT2D eigenvalue weighted by molar-refractivity contribution is 8.26. The summed E-state index contributed by atoms with van der Waals surface area (Å²) in [6.07, 6.45) is 1.67. The maximum absolute atomic E-state index is 13.2. The van der Waals surface area contributed by atoms with E-state index >= 15 is 0 Å². The van der Waals surface area contributed by atoms with E-state index in [1.54, 1.807) is 18.2 Å². The molecule has 0 aromatic heterocycles. The van der Waals surface area contributed by atoms with E-state index in [9.17, 15) is 9.18 Å². The van der Waals surface area contributed by atoms with E-state index in [1.807, 2.05) is 5.01 Å². The molecule has 0 radical (unpaired) electrons. The second kappa shape index (κ2) is 6.23. The number of hydrogen-bond donors (Lipinski definition) is 0. The Hall–Kier alpha value is -1.28. The van der Waals surface area contributed by atoms with Crippen molar-refractivity contribution in [3.8, 4) is 0 Å². The molecule has 2 aliphatic heterocycles. The van der Waals surface area contributed by atoms with E-state index in [0.717, 1.165) is 0 Å². The van der Waals surface area contributed by atoms with Gasteiger partial charge >= 0.3 is 0 Å². The zero-order valence-corrected chi connectivity index (χ0v) is 12.8. The molecule has 1 amide bonds. The molecule has 2 saturated heterocycles. The molecule has 0 saturated carbocycles. The van der Waals surface area contributed by atoms with E-state index in [0.29, 0.717) is 41.1 Å². The van der Waals surface area contributed by atoms with Crippen molar-refractivity contribution < 1.29 is 13.9 Å². The Bertz CT molecular complexity index is 615. The Morgan fingerprint density at radius 2 is 2.10 bits per heavy atom. The molecule has 3 rings (SSSR count). The standard InChI is InChI=1S/C14H13FN2O2S2/c15-11-3-1-2-10(8-11)9-12-13(18)17(14(20)21-12)16-4-6-19-7-5-16/h1-3,8-9H,4-7H2/b12-9-. The number of carbonyl (C=O) groups is 1. The first-order valence-electron chi connectivity index (χ1n) is 6.51. The van der Waals surface area contributed by atoms with Crippen LogP contribution in [-0.2, 0) is 9.53 Å². The molecule has 4 nitrogen and oxygen atoms in total. The molecule has 0 spiro atoms. The second-order valence-corrected chi connectivity index (χ2v) is 6.29. The Balaban J connectivity index is 1.82. The SMILES string of the molecule is O=C1/C(=C/c2cccc(F)c2)SC(=S)N1N1CCOCC1. The highest BCUT2D eigenvalue weighted by Crippen LogP contribution is 2.33. The number of morpholine rings is 1. The van der Waals surface area contributed by atoms with E-state index in [2.05, 4.69) is 0 Å². The molecule has 1 aromatic rings. The molecule has 2 heterocycles. The normalized spacial score (nSPS) is 22.3. The molecule has 0 atom stereocenters. The van der Waals surface area contributed by atoms with Crippen LogP contribution in [0.2, 0.25) is 0 Å². The second-order valence-electron chi connectivity index (χ2n) is 4.61. The number of amides is 1. The van der Waals surface area contributed by atoms with Crippen LogP contribution in [-0.4, -0.2) is 46.5 Å². The van der Waals surface area contributed by atoms with Gasteiger partial charge in [-0.25, -0.2) is 14.4 Å². The van der Waals surface area contributed by atoms with E-state index < -0.39 is 0 Å². The third-order valence-corrected chi connectivity index (χ3v) is 4.47. The van der Waals surface area contributed by atoms with Gasteiger partial charge in [-0.3, -0.25) is 4.79 Å². The summed E-state index contributed by atoms with van der Waals surface area (Å²) >= 11 is 6.53. The summed E-state index contributed by atoms with van der Waals surface area (Å²) < 4.78 is 19.0. The topological polar surface area (TPSA) is 32.8 Å². The molecule has 0 bridgehead atoms. The fraction of sp³-hybridized carbons (Fsp3) is 0.286. The number of hydrogen-bond acceptors (Lipinski definition) is 5. The number of rotatable bonds is 2. The summed E-state index contributed by atoms with van der Waals surface area (Å²) in [4.78, 5) is 13.0. The first-order valence-corrected chi connectivity index (χ1v) is 7.74. The van der Waals surface area contributed by atoms with Crippen LogP contribution in [0, 0.1) is 5.82 Å². The summed E-state index contributed by atoms with van der Waals surface area (Å²) in [5, 5.41) is 3.42. The summed E-state index contributed by atoms with van der Waals surface area (Å²) in [6, 6.07) is 6.13. The van der Waals surface area contributed by atoms with Gasteiger partial charge in [0.2, 0.25) is 0 Å². The van der Waals surface area contributed by atoms with Crippen molar-refractivity contribution >= 4 is 40.3 Å². The highest BCUT2D eigenvalue weighted by atomic mass is 32.2. The molecular weight excluding hydrogens is 311 g/mol. The lowest BCUT2D eigenvalue weighted by atomic mass is 10.2. The summed E-state index contributed by atoms with van der Waals surface area (Å²) in [5.41, 5.74) is 0.650. The number of carbonyl (C=O) groups excluding carboxylic acids is 1. The van der Waals surface area contributed by atoms with Gasteiger partial charge in [-0.1, -0.05) is 36.1 Å². The largest absolute Gasteiger partial charge is 0.379 e. The zero-order valence-electron chi connectivity index (χ0n) is 11.1. The van der Waals surface area contributed by atoms with Gasteiger partial charge < -0.3 is 4.74 Å². The van der Waals surface area contributed by atoms with Crippen molar-refractivity contribution in [2.75, 3.05) is 26.3 Å². The lowest BCUT2D eigenvalue weighted by molar-refractivity contribution is -0.138. The minimum atomic E-state index is -0.326.